The molecule has 1 amide bonds. The average molecular weight is 433 g/mol. The molecule has 0 unspecified atom stereocenters. The fraction of sp³-hybridized carbons (Fsp3) is 0.364. The van der Waals surface area contributed by atoms with Crippen molar-refractivity contribution in [2.75, 3.05) is 27.2 Å². The van der Waals surface area contributed by atoms with Crippen LogP contribution in [0.1, 0.15) is 35.7 Å². The molecule has 7 nitrogen and oxygen atoms in total. The number of Topliss-reactive ketones (excluding diaryl/α,β-unsaturated/α-hetero) is 1. The molecular weight excluding hydrogens is 404 g/mol. The molecule has 0 radical (unpaired) electrons. The van der Waals surface area contributed by atoms with Gasteiger partial charge in [0.05, 0.1) is 12.0 Å². The van der Waals surface area contributed by atoms with Crippen LogP contribution in [0.3, 0.4) is 0 Å². The molecule has 8 heteroatoms. The number of hydrogen-bond acceptors (Lipinski definition) is 5. The highest BCUT2D eigenvalue weighted by atomic mass is 32.2. The van der Waals surface area contributed by atoms with Gasteiger partial charge < -0.3 is 10.1 Å². The van der Waals surface area contributed by atoms with Crippen LogP contribution in [0, 0.1) is 0 Å². The fourth-order valence-corrected chi connectivity index (χ4v) is 4.17. The Morgan fingerprint density at radius 3 is 2.37 bits per heavy atom. The van der Waals surface area contributed by atoms with Crippen molar-refractivity contribution in [3.8, 4) is 5.75 Å². The zero-order valence-corrected chi connectivity index (χ0v) is 18.4. The summed E-state index contributed by atoms with van der Waals surface area (Å²) in [4.78, 5) is 23.5. The first kappa shape index (κ1) is 23.6. The van der Waals surface area contributed by atoms with E-state index in [2.05, 4.69) is 5.32 Å². The minimum Gasteiger partial charge on any atom is -0.496 e. The van der Waals surface area contributed by atoms with Crippen molar-refractivity contribution in [3.05, 3.63) is 59.7 Å². The van der Waals surface area contributed by atoms with Crippen molar-refractivity contribution in [3.63, 3.8) is 0 Å². The topological polar surface area (TPSA) is 92.8 Å². The third kappa shape index (κ3) is 6.40. The number of carbonyl (C=O) groups excluding carboxylic acids is 2. The van der Waals surface area contributed by atoms with E-state index in [0.29, 0.717) is 24.9 Å². The number of ketones is 1. The van der Waals surface area contributed by atoms with Gasteiger partial charge in [-0.3, -0.25) is 9.59 Å². The van der Waals surface area contributed by atoms with E-state index in [9.17, 15) is 18.0 Å². The molecule has 2 rings (SSSR count). The fourth-order valence-electron chi connectivity index (χ4n) is 2.96. The Kier molecular flexibility index (Phi) is 8.56. The van der Waals surface area contributed by atoms with Gasteiger partial charge in [0.15, 0.2) is 5.78 Å². The van der Waals surface area contributed by atoms with E-state index in [4.69, 9.17) is 4.74 Å². The van der Waals surface area contributed by atoms with Crippen LogP contribution in [0.5, 0.6) is 5.75 Å². The van der Waals surface area contributed by atoms with Crippen LogP contribution >= 0.6 is 0 Å². The molecule has 0 aliphatic rings. The Hall–Kier alpha value is -2.71. The van der Waals surface area contributed by atoms with Gasteiger partial charge in [0.2, 0.25) is 15.9 Å². The summed E-state index contributed by atoms with van der Waals surface area (Å²) in [6.07, 6.45) is 1.29. The second-order valence-electron chi connectivity index (χ2n) is 6.92. The Morgan fingerprint density at radius 2 is 1.73 bits per heavy atom. The number of hydrogen-bond donors (Lipinski definition) is 1. The first-order chi connectivity index (χ1) is 14.3. The number of amides is 1. The molecule has 0 aromatic heterocycles. The van der Waals surface area contributed by atoms with Gasteiger partial charge in [0.1, 0.15) is 5.75 Å². The Bertz CT molecular complexity index is 971. The molecule has 30 heavy (non-hydrogen) atoms. The summed E-state index contributed by atoms with van der Waals surface area (Å²) in [5.41, 5.74) is 1.48. The monoisotopic (exact) mass is 432 g/mol. The van der Waals surface area contributed by atoms with E-state index in [-0.39, 0.29) is 29.6 Å². The van der Waals surface area contributed by atoms with Crippen molar-refractivity contribution in [1.82, 2.24) is 9.62 Å². The lowest BCUT2D eigenvalue weighted by Crippen LogP contribution is -2.30. The Morgan fingerprint density at radius 1 is 1.07 bits per heavy atom. The predicted octanol–water partition coefficient (Wildman–Crippen LogP) is 2.66. The highest BCUT2D eigenvalue weighted by Crippen LogP contribution is 2.18. The van der Waals surface area contributed by atoms with Crippen LogP contribution in [0.2, 0.25) is 0 Å². The maximum atomic E-state index is 12.6. The van der Waals surface area contributed by atoms with Crippen LogP contribution in [0.4, 0.5) is 0 Å². The van der Waals surface area contributed by atoms with Gasteiger partial charge in [0, 0.05) is 32.1 Å². The van der Waals surface area contributed by atoms with E-state index in [1.165, 1.54) is 42.5 Å². The summed E-state index contributed by atoms with van der Waals surface area (Å²) in [7, 11) is -0.573. The number of sulfonamides is 1. The Balaban J connectivity index is 1.78. The second-order valence-corrected chi connectivity index (χ2v) is 8.97. The molecule has 0 bridgehead atoms. The van der Waals surface area contributed by atoms with Gasteiger partial charge >= 0.3 is 0 Å². The maximum Gasteiger partial charge on any atom is 0.242 e. The van der Waals surface area contributed by atoms with Gasteiger partial charge in [-0.05, 0) is 43.5 Å². The quantitative estimate of drug-likeness (QED) is 0.551. The molecule has 0 saturated carbocycles. The van der Waals surface area contributed by atoms with Gasteiger partial charge in [0.25, 0.3) is 0 Å². The maximum absolute atomic E-state index is 12.6. The number of rotatable bonds is 11. The minimum absolute atomic E-state index is 0.121. The van der Waals surface area contributed by atoms with Crippen LogP contribution in [-0.2, 0) is 21.2 Å². The summed E-state index contributed by atoms with van der Waals surface area (Å²) in [6, 6.07) is 13.5. The first-order valence-electron chi connectivity index (χ1n) is 9.71. The molecule has 1 N–H and O–H groups in total. The number of ether oxygens (including phenoxy) is 1. The van der Waals surface area contributed by atoms with Crippen LogP contribution in [0.15, 0.2) is 53.4 Å². The lowest BCUT2D eigenvalue weighted by Gasteiger charge is -2.17. The van der Waals surface area contributed by atoms with Gasteiger partial charge in [-0.15, -0.1) is 0 Å². The molecule has 2 aromatic carbocycles. The molecule has 162 valence electrons. The largest absolute Gasteiger partial charge is 0.496 e. The van der Waals surface area contributed by atoms with E-state index < -0.39 is 10.0 Å². The third-order valence-electron chi connectivity index (χ3n) is 4.75. The first-order valence-corrected chi connectivity index (χ1v) is 11.2. The number of carbonyl (C=O) groups is 2. The number of benzene rings is 2. The molecule has 0 atom stereocenters. The van der Waals surface area contributed by atoms with Crippen molar-refractivity contribution < 1.29 is 22.7 Å². The predicted molar refractivity (Wildman–Crippen MR) is 115 cm³/mol. The SMILES string of the molecule is COc1ccccc1CCNC(=O)CCCN(C)S(=O)(=O)c1ccc(C(C)=O)cc1. The van der Waals surface area contributed by atoms with Crippen LogP contribution in [0.25, 0.3) is 0 Å². The molecule has 0 heterocycles. The third-order valence-corrected chi connectivity index (χ3v) is 6.63. The zero-order valence-electron chi connectivity index (χ0n) is 17.6. The van der Waals surface area contributed by atoms with Crippen molar-refractivity contribution in [2.45, 2.75) is 31.1 Å². The van der Waals surface area contributed by atoms with Crippen LogP contribution in [-0.4, -0.2) is 51.7 Å². The summed E-state index contributed by atoms with van der Waals surface area (Å²) in [5, 5.41) is 2.85. The van der Waals surface area contributed by atoms with Crippen LogP contribution < -0.4 is 10.1 Å². The van der Waals surface area contributed by atoms with E-state index in [1.807, 2.05) is 24.3 Å². The minimum atomic E-state index is -3.66. The summed E-state index contributed by atoms with van der Waals surface area (Å²) in [6.45, 7) is 2.13. The molecular formula is C22H28N2O5S. The molecule has 0 fully saturated rings. The lowest BCUT2D eigenvalue weighted by atomic mass is 10.1. The Labute approximate surface area is 178 Å². The van der Waals surface area contributed by atoms with Gasteiger partial charge in [-0.1, -0.05) is 30.3 Å². The standard InChI is InChI=1S/C22H28N2O5S/c1-17(25)18-10-12-20(13-11-18)30(27,28)24(2)16-6-9-22(26)23-15-14-19-7-4-5-8-21(19)29-3/h4-5,7-8,10-13H,6,9,14-16H2,1-3H3,(H,23,26). The van der Waals surface area contributed by atoms with Crippen molar-refractivity contribution in [2.24, 2.45) is 0 Å². The van der Waals surface area contributed by atoms with Crippen molar-refractivity contribution >= 4 is 21.7 Å². The number of methoxy groups -OCH3 is 1. The summed E-state index contributed by atoms with van der Waals surface area (Å²) < 4.78 is 31.7. The lowest BCUT2D eigenvalue weighted by molar-refractivity contribution is -0.121. The molecule has 0 aliphatic heterocycles. The average Bonchev–Trinajstić information content (AvgIpc) is 2.74. The van der Waals surface area contributed by atoms with Gasteiger partial charge in [-0.2, -0.15) is 0 Å². The normalized spacial score (nSPS) is 11.3. The second kappa shape index (κ2) is 10.9. The highest BCUT2D eigenvalue weighted by Gasteiger charge is 2.20. The van der Waals surface area contributed by atoms with E-state index in [1.54, 1.807) is 7.11 Å². The van der Waals surface area contributed by atoms with E-state index in [0.717, 1.165) is 11.3 Å². The highest BCUT2D eigenvalue weighted by molar-refractivity contribution is 7.89. The summed E-state index contributed by atoms with van der Waals surface area (Å²) >= 11 is 0. The number of nitrogens with one attached hydrogen (secondary N) is 1. The smallest absolute Gasteiger partial charge is 0.242 e. The molecule has 2 aromatic rings. The molecule has 0 aliphatic carbocycles. The molecule has 0 saturated heterocycles. The van der Waals surface area contributed by atoms with Gasteiger partial charge in [-0.25, -0.2) is 12.7 Å². The zero-order chi connectivity index (χ0) is 22.1. The van der Waals surface area contributed by atoms with E-state index >= 15 is 0 Å². The van der Waals surface area contributed by atoms with Crippen molar-refractivity contribution in [1.29, 1.82) is 0 Å². The summed E-state index contributed by atoms with van der Waals surface area (Å²) in [5.74, 6) is 0.542. The number of para-hydroxylation sites is 1. The molecule has 0 spiro atoms. The number of nitrogens with zero attached hydrogens (tertiary/aromatic N) is 1.